The standard InChI is InChI=1S/C19H11ClFN3O3S/c20-14-4-2-11(21)8-15(14)23-18-13(17(26)24-19-22-5-6-28-19)7-10-1-3-12(25)9-16(10)27-18/h1-9,25H,(H,22,24,26). The van der Waals surface area contributed by atoms with Gasteiger partial charge >= 0.3 is 0 Å². The summed E-state index contributed by atoms with van der Waals surface area (Å²) in [6, 6.07) is 9.73. The number of benzene rings is 2. The fourth-order valence-corrected chi connectivity index (χ4v) is 3.17. The topological polar surface area (TPSA) is 87.7 Å². The van der Waals surface area contributed by atoms with Gasteiger partial charge in [-0.1, -0.05) is 11.6 Å². The van der Waals surface area contributed by atoms with Crippen molar-refractivity contribution in [2.24, 2.45) is 4.99 Å². The van der Waals surface area contributed by atoms with Crippen molar-refractivity contribution in [3.8, 4) is 5.75 Å². The molecule has 2 N–H and O–H groups in total. The SMILES string of the molecule is O=C(Nc1nccs1)c1cc2ccc(O)cc2oc1=Nc1cc(F)ccc1Cl. The predicted molar refractivity (Wildman–Crippen MR) is 105 cm³/mol. The number of fused-ring (bicyclic) bond motifs is 1. The number of carbonyl (C=O) groups excluding carboxylic acids is 1. The van der Waals surface area contributed by atoms with Crippen molar-refractivity contribution in [3.05, 3.63) is 76.0 Å². The van der Waals surface area contributed by atoms with Gasteiger partial charge in [0.15, 0.2) is 5.13 Å². The van der Waals surface area contributed by atoms with E-state index in [1.54, 1.807) is 23.7 Å². The summed E-state index contributed by atoms with van der Waals surface area (Å²) in [6.07, 6.45) is 1.56. The van der Waals surface area contributed by atoms with Crippen molar-refractivity contribution in [1.29, 1.82) is 0 Å². The van der Waals surface area contributed by atoms with Crippen molar-refractivity contribution in [2.75, 3.05) is 5.32 Å². The van der Waals surface area contributed by atoms with Crippen LogP contribution in [-0.4, -0.2) is 16.0 Å². The third-order valence-corrected chi connectivity index (χ3v) is 4.77. The number of hydrogen-bond acceptors (Lipinski definition) is 6. The van der Waals surface area contributed by atoms with Gasteiger partial charge in [0, 0.05) is 29.1 Å². The second-order valence-electron chi connectivity index (χ2n) is 5.69. The van der Waals surface area contributed by atoms with Crippen LogP contribution in [0.3, 0.4) is 0 Å². The highest BCUT2D eigenvalue weighted by Gasteiger charge is 2.15. The lowest BCUT2D eigenvalue weighted by atomic mass is 10.1. The number of nitrogens with zero attached hydrogens (tertiary/aromatic N) is 2. The van der Waals surface area contributed by atoms with Gasteiger partial charge in [0.05, 0.1) is 10.7 Å². The highest BCUT2D eigenvalue weighted by Crippen LogP contribution is 2.26. The van der Waals surface area contributed by atoms with Crippen molar-refractivity contribution in [1.82, 2.24) is 4.98 Å². The summed E-state index contributed by atoms with van der Waals surface area (Å²) < 4.78 is 19.3. The molecule has 4 aromatic rings. The van der Waals surface area contributed by atoms with E-state index in [0.29, 0.717) is 16.1 Å². The Kier molecular flexibility index (Phi) is 4.81. The van der Waals surface area contributed by atoms with Gasteiger partial charge in [-0.05, 0) is 30.3 Å². The molecular formula is C19H11ClFN3O3S. The monoisotopic (exact) mass is 415 g/mol. The molecule has 2 heterocycles. The number of aromatic nitrogens is 1. The molecule has 0 radical (unpaired) electrons. The molecule has 9 heteroatoms. The molecule has 0 saturated carbocycles. The average molecular weight is 416 g/mol. The number of halogens is 2. The van der Waals surface area contributed by atoms with Gasteiger partial charge in [-0.15, -0.1) is 11.3 Å². The van der Waals surface area contributed by atoms with Crippen LogP contribution < -0.4 is 10.9 Å². The number of aromatic hydroxyl groups is 1. The lowest BCUT2D eigenvalue weighted by Gasteiger charge is -2.06. The summed E-state index contributed by atoms with van der Waals surface area (Å²) in [5.41, 5.74) is 0.429. The Hall–Kier alpha value is -3.23. The highest BCUT2D eigenvalue weighted by atomic mass is 35.5. The first-order valence-electron chi connectivity index (χ1n) is 7.97. The molecule has 0 spiro atoms. The second kappa shape index (κ2) is 7.41. The third kappa shape index (κ3) is 3.73. The summed E-state index contributed by atoms with van der Waals surface area (Å²) in [7, 11) is 0. The van der Waals surface area contributed by atoms with E-state index in [9.17, 15) is 14.3 Å². The Labute approximate surface area is 166 Å². The fraction of sp³-hybridized carbons (Fsp3) is 0. The molecule has 0 aliphatic heterocycles. The number of nitrogens with one attached hydrogen (secondary N) is 1. The van der Waals surface area contributed by atoms with Crippen LogP contribution in [0.25, 0.3) is 11.0 Å². The summed E-state index contributed by atoms with van der Waals surface area (Å²) in [6.45, 7) is 0. The number of phenols is 1. The Balaban J connectivity index is 1.92. The van der Waals surface area contributed by atoms with Gasteiger partial charge in [-0.25, -0.2) is 14.4 Å². The van der Waals surface area contributed by atoms with Crippen LogP contribution in [-0.2, 0) is 0 Å². The van der Waals surface area contributed by atoms with Crippen LogP contribution in [0, 0.1) is 5.82 Å². The average Bonchev–Trinajstić information content (AvgIpc) is 3.17. The molecule has 0 aliphatic carbocycles. The van der Waals surface area contributed by atoms with Gasteiger partial charge in [0.2, 0.25) is 5.55 Å². The molecule has 6 nitrogen and oxygen atoms in total. The quantitative estimate of drug-likeness (QED) is 0.499. The van der Waals surface area contributed by atoms with E-state index < -0.39 is 11.7 Å². The maximum Gasteiger partial charge on any atom is 0.262 e. The molecular weight excluding hydrogens is 405 g/mol. The molecule has 0 bridgehead atoms. The van der Waals surface area contributed by atoms with Crippen molar-refractivity contribution in [2.45, 2.75) is 0 Å². The Morgan fingerprint density at radius 1 is 1.25 bits per heavy atom. The van der Waals surface area contributed by atoms with E-state index in [1.807, 2.05) is 0 Å². The molecule has 0 saturated heterocycles. The van der Waals surface area contributed by atoms with Gasteiger partial charge in [0.25, 0.3) is 5.91 Å². The Morgan fingerprint density at radius 3 is 2.89 bits per heavy atom. The summed E-state index contributed by atoms with van der Waals surface area (Å²) >= 11 is 7.34. The highest BCUT2D eigenvalue weighted by molar-refractivity contribution is 7.13. The van der Waals surface area contributed by atoms with E-state index in [-0.39, 0.29) is 27.6 Å². The summed E-state index contributed by atoms with van der Waals surface area (Å²) in [4.78, 5) is 21.0. The minimum atomic E-state index is -0.532. The molecule has 0 atom stereocenters. The Morgan fingerprint density at radius 2 is 2.11 bits per heavy atom. The molecule has 0 aliphatic rings. The zero-order chi connectivity index (χ0) is 19.7. The van der Waals surface area contributed by atoms with Gasteiger partial charge in [0.1, 0.15) is 22.7 Å². The number of anilines is 1. The minimum Gasteiger partial charge on any atom is -0.508 e. The van der Waals surface area contributed by atoms with E-state index in [1.165, 1.54) is 35.6 Å². The smallest absolute Gasteiger partial charge is 0.262 e. The molecule has 140 valence electrons. The van der Waals surface area contributed by atoms with Crippen LogP contribution >= 0.6 is 22.9 Å². The first kappa shape index (κ1) is 18.1. The number of carbonyl (C=O) groups is 1. The van der Waals surface area contributed by atoms with Crippen molar-refractivity contribution in [3.63, 3.8) is 0 Å². The normalized spacial score (nSPS) is 11.7. The van der Waals surface area contributed by atoms with Crippen LogP contribution in [0.1, 0.15) is 10.4 Å². The minimum absolute atomic E-state index is 0.00836. The number of hydrogen-bond donors (Lipinski definition) is 2. The third-order valence-electron chi connectivity index (χ3n) is 3.76. The van der Waals surface area contributed by atoms with E-state index in [4.69, 9.17) is 16.0 Å². The zero-order valence-electron chi connectivity index (χ0n) is 14.0. The van der Waals surface area contributed by atoms with Crippen LogP contribution in [0.4, 0.5) is 15.2 Å². The van der Waals surface area contributed by atoms with E-state index >= 15 is 0 Å². The lowest BCUT2D eigenvalue weighted by molar-refractivity contribution is 0.102. The molecule has 0 unspecified atom stereocenters. The molecule has 2 aromatic heterocycles. The molecule has 28 heavy (non-hydrogen) atoms. The van der Waals surface area contributed by atoms with E-state index in [2.05, 4.69) is 15.3 Å². The van der Waals surface area contributed by atoms with Gasteiger partial charge < -0.3 is 9.52 Å². The Bertz CT molecular complexity index is 1260. The van der Waals surface area contributed by atoms with Crippen molar-refractivity contribution >= 4 is 50.6 Å². The van der Waals surface area contributed by atoms with Gasteiger partial charge in [-0.2, -0.15) is 0 Å². The molecule has 2 aromatic carbocycles. The van der Waals surface area contributed by atoms with Crippen LogP contribution in [0.2, 0.25) is 5.02 Å². The zero-order valence-corrected chi connectivity index (χ0v) is 15.6. The second-order valence-corrected chi connectivity index (χ2v) is 6.99. The maximum atomic E-state index is 13.6. The number of rotatable bonds is 3. The first-order chi connectivity index (χ1) is 13.5. The van der Waals surface area contributed by atoms with Gasteiger partial charge in [-0.3, -0.25) is 10.1 Å². The number of thiazole rings is 1. The lowest BCUT2D eigenvalue weighted by Crippen LogP contribution is -2.21. The molecule has 0 fully saturated rings. The number of amides is 1. The largest absolute Gasteiger partial charge is 0.508 e. The van der Waals surface area contributed by atoms with Crippen molar-refractivity contribution < 1.29 is 18.7 Å². The van der Waals surface area contributed by atoms with E-state index in [0.717, 1.165) is 6.07 Å². The number of phenolic OH excluding ortho intramolecular Hbond substituents is 1. The predicted octanol–water partition coefficient (Wildman–Crippen LogP) is 4.87. The maximum absolute atomic E-state index is 13.6. The van der Waals surface area contributed by atoms with Crippen LogP contribution in [0.5, 0.6) is 5.75 Å². The van der Waals surface area contributed by atoms with Crippen LogP contribution in [0.15, 0.2) is 63.5 Å². The summed E-state index contributed by atoms with van der Waals surface area (Å²) in [5.74, 6) is -1.04. The first-order valence-corrected chi connectivity index (χ1v) is 9.23. The fourth-order valence-electron chi connectivity index (χ4n) is 2.48. The molecule has 1 amide bonds. The summed E-state index contributed by atoms with van der Waals surface area (Å²) in [5, 5.41) is 15.3. The molecule has 4 rings (SSSR count).